The molecule has 0 saturated carbocycles. The van der Waals surface area contributed by atoms with E-state index in [9.17, 15) is 18.0 Å². The van der Waals surface area contributed by atoms with Crippen LogP contribution in [-0.2, 0) is 16.4 Å². The summed E-state index contributed by atoms with van der Waals surface area (Å²) >= 11 is 1.30. The fourth-order valence-corrected chi connectivity index (χ4v) is 5.89. The maximum absolute atomic E-state index is 12.9. The summed E-state index contributed by atoms with van der Waals surface area (Å²) in [6.07, 6.45) is 1.70. The lowest BCUT2D eigenvalue weighted by Crippen LogP contribution is -2.27. The Labute approximate surface area is 184 Å². The number of hydrogen-bond acceptors (Lipinski definition) is 5. The standard InChI is InChI=1S/C22H21N3O4S2/c1-13-18(14-6-4-3-5-7-14)19(20(23)26)22(30-13)24-21(27)16-8-9-17-15(12-16)10-11-25(17)31(2,28)29/h3-9,12H,10-11H2,1-2H3,(H2,23,26)(H,24,27). The minimum Gasteiger partial charge on any atom is -0.365 e. The Morgan fingerprint density at radius 3 is 2.48 bits per heavy atom. The molecule has 0 spiro atoms. The first-order valence-electron chi connectivity index (χ1n) is 9.57. The number of anilines is 2. The number of primary amides is 1. The Bertz CT molecular complexity index is 1300. The van der Waals surface area contributed by atoms with Crippen LogP contribution in [0.3, 0.4) is 0 Å². The molecule has 0 fully saturated rings. The Morgan fingerprint density at radius 1 is 1.13 bits per heavy atom. The number of carbonyl (C=O) groups excluding carboxylic acids is 2. The third-order valence-corrected chi connectivity index (χ3v) is 7.42. The van der Waals surface area contributed by atoms with Crippen molar-refractivity contribution in [1.29, 1.82) is 0 Å². The number of sulfonamides is 1. The van der Waals surface area contributed by atoms with Gasteiger partial charge in [0.1, 0.15) is 5.00 Å². The largest absolute Gasteiger partial charge is 0.365 e. The molecule has 2 heterocycles. The average molecular weight is 456 g/mol. The van der Waals surface area contributed by atoms with E-state index in [1.54, 1.807) is 18.2 Å². The van der Waals surface area contributed by atoms with Crippen molar-refractivity contribution in [1.82, 2.24) is 0 Å². The minimum atomic E-state index is -3.36. The fourth-order valence-electron chi connectivity index (χ4n) is 3.85. The zero-order chi connectivity index (χ0) is 22.3. The molecule has 0 atom stereocenters. The third kappa shape index (κ3) is 3.94. The van der Waals surface area contributed by atoms with Gasteiger partial charge in [-0.1, -0.05) is 30.3 Å². The molecule has 9 heteroatoms. The summed E-state index contributed by atoms with van der Waals surface area (Å²) in [5.41, 5.74) is 9.28. The van der Waals surface area contributed by atoms with Crippen LogP contribution in [0.5, 0.6) is 0 Å². The van der Waals surface area contributed by atoms with Gasteiger partial charge in [0.25, 0.3) is 11.8 Å². The maximum Gasteiger partial charge on any atom is 0.256 e. The predicted molar refractivity (Wildman–Crippen MR) is 123 cm³/mol. The van der Waals surface area contributed by atoms with E-state index in [1.165, 1.54) is 15.6 Å². The molecule has 1 aliphatic rings. The monoisotopic (exact) mass is 455 g/mol. The van der Waals surface area contributed by atoms with Gasteiger partial charge in [0.2, 0.25) is 10.0 Å². The first-order valence-corrected chi connectivity index (χ1v) is 12.2. The van der Waals surface area contributed by atoms with E-state index in [0.29, 0.717) is 34.8 Å². The Morgan fingerprint density at radius 2 is 1.84 bits per heavy atom. The molecule has 1 aromatic heterocycles. The van der Waals surface area contributed by atoms with Gasteiger partial charge in [0.15, 0.2) is 0 Å². The van der Waals surface area contributed by atoms with Crippen molar-refractivity contribution in [3.05, 3.63) is 70.1 Å². The number of nitrogens with two attached hydrogens (primary N) is 1. The molecule has 0 bridgehead atoms. The first kappa shape index (κ1) is 21.1. The molecule has 160 valence electrons. The topological polar surface area (TPSA) is 110 Å². The van der Waals surface area contributed by atoms with Crippen LogP contribution in [0.15, 0.2) is 48.5 Å². The van der Waals surface area contributed by atoms with E-state index in [4.69, 9.17) is 5.73 Å². The first-order chi connectivity index (χ1) is 14.7. The van der Waals surface area contributed by atoms with Crippen LogP contribution in [0.1, 0.15) is 31.2 Å². The maximum atomic E-state index is 12.9. The molecule has 31 heavy (non-hydrogen) atoms. The smallest absolute Gasteiger partial charge is 0.256 e. The van der Waals surface area contributed by atoms with Gasteiger partial charge in [-0.15, -0.1) is 11.3 Å². The van der Waals surface area contributed by atoms with Gasteiger partial charge < -0.3 is 11.1 Å². The van der Waals surface area contributed by atoms with Gasteiger partial charge in [0.05, 0.1) is 17.5 Å². The molecule has 7 nitrogen and oxygen atoms in total. The quantitative estimate of drug-likeness (QED) is 0.614. The highest BCUT2D eigenvalue weighted by Gasteiger charge is 2.27. The van der Waals surface area contributed by atoms with Crippen molar-refractivity contribution >= 4 is 43.9 Å². The Hall–Kier alpha value is -3.17. The van der Waals surface area contributed by atoms with Crippen molar-refractivity contribution in [2.45, 2.75) is 13.3 Å². The van der Waals surface area contributed by atoms with E-state index in [-0.39, 0.29) is 11.5 Å². The van der Waals surface area contributed by atoms with Gasteiger partial charge >= 0.3 is 0 Å². The van der Waals surface area contributed by atoms with Gasteiger partial charge in [0, 0.05) is 22.5 Å². The number of nitrogens with one attached hydrogen (secondary N) is 1. The number of benzene rings is 2. The molecule has 2 aromatic carbocycles. The molecule has 2 amide bonds. The number of hydrogen-bond donors (Lipinski definition) is 2. The third-order valence-electron chi connectivity index (χ3n) is 5.22. The number of carbonyl (C=O) groups is 2. The van der Waals surface area contributed by atoms with Crippen molar-refractivity contribution in [2.24, 2.45) is 5.73 Å². The lowest BCUT2D eigenvalue weighted by Gasteiger charge is -2.16. The van der Waals surface area contributed by atoms with Crippen molar-refractivity contribution in [3.8, 4) is 11.1 Å². The molecule has 0 unspecified atom stereocenters. The molecule has 3 N–H and O–H groups in total. The molecule has 3 aromatic rings. The molecule has 1 aliphatic heterocycles. The molecular weight excluding hydrogens is 434 g/mol. The van der Waals surface area contributed by atoms with E-state index in [0.717, 1.165) is 22.3 Å². The SMILES string of the molecule is Cc1sc(NC(=O)c2ccc3c(c2)CCN3S(C)(=O)=O)c(C(N)=O)c1-c1ccccc1. The fraction of sp³-hybridized carbons (Fsp3) is 0.182. The summed E-state index contributed by atoms with van der Waals surface area (Å²) < 4.78 is 25.2. The number of nitrogens with zero attached hydrogens (tertiary/aromatic N) is 1. The van der Waals surface area contributed by atoms with Crippen molar-refractivity contribution in [3.63, 3.8) is 0 Å². The van der Waals surface area contributed by atoms with Crippen molar-refractivity contribution < 1.29 is 18.0 Å². The van der Waals surface area contributed by atoms with Crippen LogP contribution < -0.4 is 15.4 Å². The number of amides is 2. The van der Waals surface area contributed by atoms with E-state index in [2.05, 4.69) is 5.32 Å². The summed E-state index contributed by atoms with van der Waals surface area (Å²) in [5, 5.41) is 3.21. The van der Waals surface area contributed by atoms with Crippen molar-refractivity contribution in [2.75, 3.05) is 22.4 Å². The second-order valence-electron chi connectivity index (χ2n) is 7.35. The lowest BCUT2D eigenvalue weighted by molar-refractivity contribution is 0.100. The molecular formula is C22H21N3O4S2. The zero-order valence-electron chi connectivity index (χ0n) is 17.0. The van der Waals surface area contributed by atoms with Crippen LogP contribution in [0.2, 0.25) is 0 Å². The van der Waals surface area contributed by atoms with E-state index < -0.39 is 15.9 Å². The minimum absolute atomic E-state index is 0.284. The number of rotatable bonds is 5. The van der Waals surface area contributed by atoms with Crippen LogP contribution >= 0.6 is 11.3 Å². The second kappa shape index (κ2) is 7.82. The molecule has 0 radical (unpaired) electrons. The summed E-state index contributed by atoms with van der Waals surface area (Å²) in [5.74, 6) is -1.000. The van der Waals surface area contributed by atoms with E-state index >= 15 is 0 Å². The second-order valence-corrected chi connectivity index (χ2v) is 10.5. The normalized spacial score (nSPS) is 13.2. The predicted octanol–water partition coefficient (Wildman–Crippen LogP) is 3.40. The highest BCUT2D eigenvalue weighted by molar-refractivity contribution is 7.92. The van der Waals surface area contributed by atoms with E-state index in [1.807, 2.05) is 37.3 Å². The average Bonchev–Trinajstić information content (AvgIpc) is 3.28. The van der Waals surface area contributed by atoms with Crippen LogP contribution in [0, 0.1) is 6.92 Å². The summed E-state index contributed by atoms with van der Waals surface area (Å²) in [7, 11) is -3.36. The highest BCUT2D eigenvalue weighted by atomic mass is 32.2. The summed E-state index contributed by atoms with van der Waals surface area (Å²) in [4.78, 5) is 26.1. The van der Waals surface area contributed by atoms with Gasteiger partial charge in [-0.3, -0.25) is 13.9 Å². The summed E-state index contributed by atoms with van der Waals surface area (Å²) in [6, 6.07) is 14.3. The molecule has 4 rings (SSSR count). The highest BCUT2D eigenvalue weighted by Crippen LogP contribution is 2.40. The number of fused-ring (bicyclic) bond motifs is 1. The number of aryl methyl sites for hydroxylation is 1. The molecule has 0 saturated heterocycles. The van der Waals surface area contributed by atoms with Crippen LogP contribution in [0.25, 0.3) is 11.1 Å². The van der Waals surface area contributed by atoms with Crippen LogP contribution in [-0.4, -0.2) is 33.0 Å². The van der Waals surface area contributed by atoms with Gasteiger partial charge in [-0.05, 0) is 42.7 Å². The van der Waals surface area contributed by atoms with Gasteiger partial charge in [-0.25, -0.2) is 8.42 Å². The zero-order valence-corrected chi connectivity index (χ0v) is 18.6. The van der Waals surface area contributed by atoms with Crippen LogP contribution in [0.4, 0.5) is 10.7 Å². The lowest BCUT2D eigenvalue weighted by atomic mass is 10.0. The Balaban J connectivity index is 1.67. The number of thiophene rings is 1. The molecule has 0 aliphatic carbocycles. The van der Waals surface area contributed by atoms with Gasteiger partial charge in [-0.2, -0.15) is 0 Å². The Kier molecular flexibility index (Phi) is 5.32. The summed E-state index contributed by atoms with van der Waals surface area (Å²) in [6.45, 7) is 2.24.